The zero-order chi connectivity index (χ0) is 22.9. The van der Waals surface area contributed by atoms with Crippen LogP contribution in [0.5, 0.6) is 11.8 Å². The van der Waals surface area contributed by atoms with E-state index in [2.05, 4.69) is 19.7 Å². The number of nitrogens with one attached hydrogen (secondary N) is 2. The number of aromatic nitrogens is 3. The van der Waals surface area contributed by atoms with Gasteiger partial charge in [0, 0.05) is 6.07 Å². The van der Waals surface area contributed by atoms with Crippen LogP contribution in [0.4, 0.5) is 37.1 Å². The zero-order valence-electron chi connectivity index (χ0n) is 14.3. The molecule has 1 heterocycles. The Kier molecular flexibility index (Phi) is 5.96. The molecule has 0 radical (unpaired) electrons. The van der Waals surface area contributed by atoms with Crippen molar-refractivity contribution in [3.63, 3.8) is 0 Å². The van der Waals surface area contributed by atoms with Gasteiger partial charge in [-0.25, -0.2) is 17.9 Å². The average molecular weight is 461 g/mol. The Labute approximate surface area is 163 Å². The van der Waals surface area contributed by atoms with Crippen molar-refractivity contribution >= 4 is 22.0 Å². The van der Waals surface area contributed by atoms with Gasteiger partial charge in [-0.3, -0.25) is 5.32 Å². The second kappa shape index (κ2) is 7.81. The van der Waals surface area contributed by atoms with E-state index >= 15 is 0 Å². The summed E-state index contributed by atoms with van der Waals surface area (Å²) in [6.07, 6.45) is -10.3. The number of sulfonamides is 1. The predicted octanol–water partition coefficient (Wildman–Crippen LogP) is 2.13. The number of amides is 2. The Morgan fingerprint density at radius 2 is 1.70 bits per heavy atom. The third-order valence-corrected chi connectivity index (χ3v) is 4.43. The maximum absolute atomic E-state index is 13.0. The van der Waals surface area contributed by atoms with Crippen LogP contribution < -0.4 is 14.8 Å². The maximum Gasteiger partial charge on any atom is 0.451 e. The Morgan fingerprint density at radius 3 is 2.23 bits per heavy atom. The predicted molar refractivity (Wildman–Crippen MR) is 83.8 cm³/mol. The van der Waals surface area contributed by atoms with Gasteiger partial charge in [-0.05, 0) is 12.1 Å². The molecule has 3 N–H and O–H groups in total. The third-order valence-electron chi connectivity index (χ3n) is 3.06. The van der Waals surface area contributed by atoms with Crippen molar-refractivity contribution in [2.75, 3.05) is 12.4 Å². The highest BCUT2D eigenvalue weighted by Crippen LogP contribution is 2.35. The summed E-state index contributed by atoms with van der Waals surface area (Å²) in [5.74, 6) is -3.76. The molecular formula is C13H9F6N5O5S. The second-order valence-corrected chi connectivity index (χ2v) is 6.86. The Hall–Kier alpha value is -3.37. The lowest BCUT2D eigenvalue weighted by molar-refractivity contribution is -0.145. The molecule has 1 aromatic carbocycles. The van der Waals surface area contributed by atoms with Crippen molar-refractivity contribution in [3.05, 3.63) is 29.6 Å². The summed E-state index contributed by atoms with van der Waals surface area (Å²) >= 11 is 0. The van der Waals surface area contributed by atoms with Crippen LogP contribution in [0.1, 0.15) is 11.4 Å². The largest absolute Gasteiger partial charge is 0.508 e. The molecule has 1 aromatic heterocycles. The minimum atomic E-state index is -5.24. The Bertz CT molecular complexity index is 1070. The van der Waals surface area contributed by atoms with Gasteiger partial charge in [-0.1, -0.05) is 0 Å². The molecule has 0 aliphatic carbocycles. The van der Waals surface area contributed by atoms with Crippen LogP contribution >= 0.6 is 0 Å². The number of rotatable bonds is 4. The smallest absolute Gasteiger partial charge is 0.451 e. The van der Waals surface area contributed by atoms with Crippen LogP contribution in [0.2, 0.25) is 0 Å². The summed E-state index contributed by atoms with van der Waals surface area (Å²) in [5.41, 5.74) is -1.71. The summed E-state index contributed by atoms with van der Waals surface area (Å²) in [6.45, 7) is 0. The number of urea groups is 1. The van der Waals surface area contributed by atoms with Crippen molar-refractivity contribution < 1.29 is 49.4 Å². The summed E-state index contributed by atoms with van der Waals surface area (Å²) in [5, 5.41) is 10.8. The van der Waals surface area contributed by atoms with Crippen LogP contribution in [0, 0.1) is 0 Å². The van der Waals surface area contributed by atoms with Crippen molar-refractivity contribution in [1.82, 2.24) is 19.7 Å². The first-order valence-electron chi connectivity index (χ1n) is 7.25. The molecule has 30 heavy (non-hydrogen) atoms. The minimum Gasteiger partial charge on any atom is -0.508 e. The SMILES string of the molecule is COc1nc(NC(=O)NS(=O)(=O)c2cc(O)ccc2C(F)(F)F)nc(C(F)(F)F)n1. The first-order valence-corrected chi connectivity index (χ1v) is 8.73. The van der Waals surface area contributed by atoms with Gasteiger partial charge < -0.3 is 9.84 Å². The molecule has 0 saturated heterocycles. The topological polar surface area (TPSA) is 143 Å². The van der Waals surface area contributed by atoms with Gasteiger partial charge in [0.25, 0.3) is 10.0 Å². The van der Waals surface area contributed by atoms with E-state index in [1.807, 2.05) is 0 Å². The lowest BCUT2D eigenvalue weighted by atomic mass is 10.2. The fraction of sp³-hybridized carbons (Fsp3) is 0.231. The summed E-state index contributed by atoms with van der Waals surface area (Å²) in [4.78, 5) is 19.3. The molecule has 0 aliphatic heterocycles. The van der Waals surface area contributed by atoms with E-state index in [0.29, 0.717) is 6.07 Å². The third kappa shape index (κ3) is 5.37. The standard InChI is InChI=1S/C13H9F6N5O5S/c1-29-11-21-8(13(17,18)19)20-9(23-11)22-10(26)24-30(27,28)7-4-5(25)2-3-6(7)12(14,15)16/h2-4,25H,1H3,(H2,20,21,22,23,24,26). The van der Waals surface area contributed by atoms with E-state index in [9.17, 15) is 44.7 Å². The van der Waals surface area contributed by atoms with E-state index < -0.39 is 62.4 Å². The number of halogens is 6. The number of phenols is 1. The lowest BCUT2D eigenvalue weighted by Crippen LogP contribution is -2.36. The molecule has 17 heteroatoms. The summed E-state index contributed by atoms with van der Waals surface area (Å²) in [6, 6.07) is -1.63. The number of hydrogen-bond donors (Lipinski definition) is 3. The van der Waals surface area contributed by atoms with Crippen LogP contribution in [-0.4, -0.2) is 41.6 Å². The fourth-order valence-electron chi connectivity index (χ4n) is 1.90. The van der Waals surface area contributed by atoms with Gasteiger partial charge in [0.2, 0.25) is 11.8 Å². The second-order valence-electron chi connectivity index (χ2n) is 5.20. The molecule has 10 nitrogen and oxygen atoms in total. The number of alkyl halides is 6. The van der Waals surface area contributed by atoms with E-state index in [0.717, 1.165) is 11.8 Å². The Balaban J connectivity index is 2.34. The molecular weight excluding hydrogens is 452 g/mol. The highest BCUT2D eigenvalue weighted by molar-refractivity contribution is 7.90. The zero-order valence-corrected chi connectivity index (χ0v) is 15.1. The average Bonchev–Trinajstić information content (AvgIpc) is 2.58. The van der Waals surface area contributed by atoms with Gasteiger partial charge in [0.05, 0.1) is 12.7 Å². The number of anilines is 1. The summed E-state index contributed by atoms with van der Waals surface area (Å²) in [7, 11) is -4.34. The first-order chi connectivity index (χ1) is 13.6. The molecule has 2 aromatic rings. The minimum absolute atomic E-state index is 0.228. The fourth-order valence-corrected chi connectivity index (χ4v) is 3.06. The van der Waals surface area contributed by atoms with Gasteiger partial charge >= 0.3 is 24.4 Å². The van der Waals surface area contributed by atoms with E-state index in [-0.39, 0.29) is 12.1 Å². The molecule has 0 atom stereocenters. The molecule has 2 amide bonds. The number of phenolic OH excluding ortho intramolecular Hbond substituents is 1. The van der Waals surface area contributed by atoms with E-state index in [1.165, 1.54) is 5.32 Å². The van der Waals surface area contributed by atoms with Gasteiger partial charge in [0.15, 0.2) is 0 Å². The van der Waals surface area contributed by atoms with E-state index in [1.54, 1.807) is 0 Å². The monoisotopic (exact) mass is 461 g/mol. The normalized spacial score (nSPS) is 12.4. The number of carbonyl (C=O) groups excluding carboxylic acids is 1. The number of nitrogens with zero attached hydrogens (tertiary/aromatic N) is 3. The van der Waals surface area contributed by atoms with Gasteiger partial charge in [-0.15, -0.1) is 0 Å². The highest BCUT2D eigenvalue weighted by atomic mass is 32.2. The highest BCUT2D eigenvalue weighted by Gasteiger charge is 2.38. The van der Waals surface area contributed by atoms with Crippen LogP contribution in [0.15, 0.2) is 23.1 Å². The number of methoxy groups -OCH3 is 1. The van der Waals surface area contributed by atoms with Crippen molar-refractivity contribution in [2.24, 2.45) is 0 Å². The molecule has 0 aliphatic rings. The van der Waals surface area contributed by atoms with Crippen molar-refractivity contribution in [1.29, 1.82) is 0 Å². The molecule has 0 saturated carbocycles. The quantitative estimate of drug-likeness (QED) is 0.588. The number of hydrogen-bond acceptors (Lipinski definition) is 8. The van der Waals surface area contributed by atoms with Crippen LogP contribution in [0.25, 0.3) is 0 Å². The number of benzene rings is 1. The van der Waals surface area contributed by atoms with E-state index in [4.69, 9.17) is 0 Å². The van der Waals surface area contributed by atoms with Crippen molar-refractivity contribution in [3.8, 4) is 11.8 Å². The molecule has 0 spiro atoms. The molecule has 2 rings (SSSR count). The number of carbonyl (C=O) groups is 1. The molecule has 0 bridgehead atoms. The van der Waals surface area contributed by atoms with Gasteiger partial charge in [-0.2, -0.15) is 41.3 Å². The summed E-state index contributed by atoms with van der Waals surface area (Å²) < 4.78 is 107. The van der Waals surface area contributed by atoms with Gasteiger partial charge in [0.1, 0.15) is 10.6 Å². The first kappa shape index (κ1) is 22.9. The lowest BCUT2D eigenvalue weighted by Gasteiger charge is -2.14. The van der Waals surface area contributed by atoms with Crippen molar-refractivity contribution in [2.45, 2.75) is 17.2 Å². The molecule has 164 valence electrons. The maximum atomic E-state index is 13.0. The number of ether oxygens (including phenoxy) is 1. The Morgan fingerprint density at radius 1 is 1.07 bits per heavy atom. The van der Waals surface area contributed by atoms with Crippen LogP contribution in [0.3, 0.4) is 0 Å². The number of aromatic hydroxyl groups is 1. The van der Waals surface area contributed by atoms with Crippen LogP contribution in [-0.2, 0) is 22.4 Å². The molecule has 0 fully saturated rings. The molecule has 0 unspecified atom stereocenters.